The van der Waals surface area contributed by atoms with Crippen molar-refractivity contribution in [2.75, 3.05) is 5.32 Å². The fraction of sp³-hybridized carbons (Fsp3) is 0.500. The molecule has 1 aromatic heterocycles. The lowest BCUT2D eigenvalue weighted by Crippen LogP contribution is -2.35. The molecular weight excluding hydrogens is 276 g/mol. The third-order valence-electron chi connectivity index (χ3n) is 4.30. The Morgan fingerprint density at radius 3 is 2.86 bits per heavy atom. The van der Waals surface area contributed by atoms with Crippen LogP contribution >= 0.6 is 11.3 Å². The molecule has 2 aromatic rings. The molecule has 1 aliphatic rings. The van der Waals surface area contributed by atoms with Gasteiger partial charge in [0.2, 0.25) is 0 Å². The van der Waals surface area contributed by atoms with Crippen molar-refractivity contribution in [3.8, 4) is 10.6 Å². The molecule has 1 heterocycles. The van der Waals surface area contributed by atoms with Crippen LogP contribution in [0.15, 0.2) is 35.8 Å². The number of hydrogen-bond acceptors (Lipinski definition) is 3. The monoisotopic (exact) mass is 300 g/mol. The zero-order valence-electron chi connectivity index (χ0n) is 13.1. The van der Waals surface area contributed by atoms with Crippen LogP contribution in [0.4, 0.5) is 5.69 Å². The van der Waals surface area contributed by atoms with Crippen LogP contribution in [0.2, 0.25) is 0 Å². The Hall–Kier alpha value is -1.35. The van der Waals surface area contributed by atoms with Crippen molar-refractivity contribution in [2.45, 2.75) is 46.1 Å². The highest BCUT2D eigenvalue weighted by molar-refractivity contribution is 7.13. The third kappa shape index (κ3) is 3.65. The van der Waals surface area contributed by atoms with Crippen molar-refractivity contribution in [2.24, 2.45) is 11.3 Å². The molecule has 1 saturated carbocycles. The van der Waals surface area contributed by atoms with E-state index < -0.39 is 0 Å². The van der Waals surface area contributed by atoms with Crippen molar-refractivity contribution in [1.82, 2.24) is 4.98 Å². The van der Waals surface area contributed by atoms with Crippen molar-refractivity contribution in [3.63, 3.8) is 0 Å². The van der Waals surface area contributed by atoms with E-state index in [1.54, 1.807) is 11.3 Å². The average Bonchev–Trinajstić information content (AvgIpc) is 2.90. The molecule has 1 N–H and O–H groups in total. The SMILES string of the molecule is CC1CC(Nc2cccc(-c3nccs3)c2)CC(C)(C)C1. The van der Waals surface area contributed by atoms with Crippen molar-refractivity contribution >= 4 is 17.0 Å². The Bertz CT molecular complexity index is 589. The van der Waals surface area contributed by atoms with Gasteiger partial charge in [-0.15, -0.1) is 11.3 Å². The van der Waals surface area contributed by atoms with Gasteiger partial charge < -0.3 is 5.32 Å². The molecule has 0 amide bonds. The molecule has 21 heavy (non-hydrogen) atoms. The molecule has 2 atom stereocenters. The summed E-state index contributed by atoms with van der Waals surface area (Å²) in [6.07, 6.45) is 5.72. The molecule has 112 valence electrons. The Morgan fingerprint density at radius 1 is 1.29 bits per heavy atom. The predicted octanol–water partition coefficient (Wildman–Crippen LogP) is 5.44. The highest BCUT2D eigenvalue weighted by Gasteiger charge is 2.31. The lowest BCUT2D eigenvalue weighted by Gasteiger charge is -2.39. The van der Waals surface area contributed by atoms with Gasteiger partial charge in [0.25, 0.3) is 0 Å². The Labute approximate surface area is 131 Å². The Balaban J connectivity index is 1.74. The first-order chi connectivity index (χ1) is 10.0. The van der Waals surface area contributed by atoms with E-state index in [0.717, 1.165) is 10.9 Å². The first-order valence-electron chi connectivity index (χ1n) is 7.78. The van der Waals surface area contributed by atoms with Crippen LogP contribution in [0.3, 0.4) is 0 Å². The minimum atomic E-state index is 0.447. The maximum absolute atomic E-state index is 4.40. The second-order valence-corrected chi connectivity index (χ2v) is 8.07. The number of nitrogens with one attached hydrogen (secondary N) is 1. The molecule has 1 aromatic carbocycles. The number of anilines is 1. The summed E-state index contributed by atoms with van der Waals surface area (Å²) in [5.41, 5.74) is 2.87. The molecule has 2 unspecified atom stereocenters. The van der Waals surface area contributed by atoms with Gasteiger partial charge in [-0.25, -0.2) is 4.98 Å². The predicted molar refractivity (Wildman–Crippen MR) is 91.8 cm³/mol. The Morgan fingerprint density at radius 2 is 2.14 bits per heavy atom. The van der Waals surface area contributed by atoms with E-state index in [2.05, 4.69) is 55.3 Å². The van der Waals surface area contributed by atoms with Crippen LogP contribution < -0.4 is 5.32 Å². The van der Waals surface area contributed by atoms with E-state index >= 15 is 0 Å². The molecule has 3 heteroatoms. The van der Waals surface area contributed by atoms with Crippen LogP contribution in [-0.2, 0) is 0 Å². The number of hydrogen-bond donors (Lipinski definition) is 1. The smallest absolute Gasteiger partial charge is 0.123 e. The fourth-order valence-electron chi connectivity index (χ4n) is 3.80. The second-order valence-electron chi connectivity index (χ2n) is 7.17. The largest absolute Gasteiger partial charge is 0.382 e. The second kappa shape index (κ2) is 5.80. The molecule has 0 bridgehead atoms. The summed E-state index contributed by atoms with van der Waals surface area (Å²) in [6, 6.07) is 9.23. The summed E-state index contributed by atoms with van der Waals surface area (Å²) < 4.78 is 0. The first-order valence-corrected chi connectivity index (χ1v) is 8.66. The van der Waals surface area contributed by atoms with Gasteiger partial charge in [0.05, 0.1) is 0 Å². The normalized spacial score (nSPS) is 24.7. The van der Waals surface area contributed by atoms with Crippen molar-refractivity contribution in [3.05, 3.63) is 35.8 Å². The number of benzene rings is 1. The van der Waals surface area contributed by atoms with E-state index in [1.165, 1.54) is 30.5 Å². The van der Waals surface area contributed by atoms with Gasteiger partial charge in [-0.3, -0.25) is 0 Å². The van der Waals surface area contributed by atoms with Gasteiger partial charge >= 0.3 is 0 Å². The summed E-state index contributed by atoms with van der Waals surface area (Å²) in [4.78, 5) is 4.40. The maximum Gasteiger partial charge on any atom is 0.123 e. The van der Waals surface area contributed by atoms with Gasteiger partial charge in [-0.2, -0.15) is 0 Å². The summed E-state index contributed by atoms with van der Waals surface area (Å²) in [5, 5.41) is 6.87. The minimum Gasteiger partial charge on any atom is -0.382 e. The molecule has 1 fully saturated rings. The average molecular weight is 300 g/mol. The summed E-state index contributed by atoms with van der Waals surface area (Å²) in [5.74, 6) is 0.799. The lowest BCUT2D eigenvalue weighted by atomic mass is 9.70. The minimum absolute atomic E-state index is 0.447. The van der Waals surface area contributed by atoms with E-state index in [0.29, 0.717) is 11.5 Å². The zero-order valence-corrected chi connectivity index (χ0v) is 13.9. The molecule has 2 nitrogen and oxygen atoms in total. The highest BCUT2D eigenvalue weighted by atomic mass is 32.1. The van der Waals surface area contributed by atoms with Gasteiger partial charge in [-0.05, 0) is 42.7 Å². The topological polar surface area (TPSA) is 24.9 Å². The van der Waals surface area contributed by atoms with Gasteiger partial charge in [0.1, 0.15) is 5.01 Å². The van der Waals surface area contributed by atoms with Crippen LogP contribution in [-0.4, -0.2) is 11.0 Å². The van der Waals surface area contributed by atoms with Crippen molar-refractivity contribution < 1.29 is 0 Å². The lowest BCUT2D eigenvalue weighted by molar-refractivity contribution is 0.178. The quantitative estimate of drug-likeness (QED) is 0.816. The summed E-state index contributed by atoms with van der Waals surface area (Å²) in [6.45, 7) is 7.16. The molecule has 0 saturated heterocycles. The van der Waals surface area contributed by atoms with Crippen LogP contribution in [0.25, 0.3) is 10.6 Å². The molecule has 0 aliphatic heterocycles. The molecule has 0 radical (unpaired) electrons. The van der Waals surface area contributed by atoms with Gasteiger partial charge in [0, 0.05) is 28.9 Å². The third-order valence-corrected chi connectivity index (χ3v) is 5.12. The Kier molecular flexibility index (Phi) is 4.03. The number of rotatable bonds is 3. The van der Waals surface area contributed by atoms with Crippen LogP contribution in [0.5, 0.6) is 0 Å². The highest BCUT2D eigenvalue weighted by Crippen LogP contribution is 2.39. The molecular formula is C18H24N2S. The standard InChI is InChI=1S/C18H24N2S/c1-13-9-16(12-18(2,3)11-13)20-15-6-4-5-14(10-15)17-19-7-8-21-17/h4-8,10,13,16,20H,9,11-12H2,1-3H3. The summed E-state index contributed by atoms with van der Waals surface area (Å²) in [7, 11) is 0. The number of thiazole rings is 1. The maximum atomic E-state index is 4.40. The summed E-state index contributed by atoms with van der Waals surface area (Å²) >= 11 is 1.69. The fourth-order valence-corrected chi connectivity index (χ4v) is 4.44. The molecule has 3 rings (SSSR count). The van der Waals surface area contributed by atoms with E-state index in [1.807, 2.05) is 11.6 Å². The molecule has 1 aliphatic carbocycles. The number of aromatic nitrogens is 1. The van der Waals surface area contributed by atoms with Crippen LogP contribution in [0, 0.1) is 11.3 Å². The van der Waals surface area contributed by atoms with E-state index in [4.69, 9.17) is 0 Å². The molecule has 0 spiro atoms. The van der Waals surface area contributed by atoms with Gasteiger partial charge in [0.15, 0.2) is 0 Å². The van der Waals surface area contributed by atoms with Crippen molar-refractivity contribution in [1.29, 1.82) is 0 Å². The van der Waals surface area contributed by atoms with E-state index in [-0.39, 0.29) is 0 Å². The van der Waals surface area contributed by atoms with Gasteiger partial charge in [-0.1, -0.05) is 32.9 Å². The first kappa shape index (κ1) is 14.6. The zero-order chi connectivity index (χ0) is 14.9. The number of nitrogens with zero attached hydrogens (tertiary/aromatic N) is 1. The van der Waals surface area contributed by atoms with E-state index in [9.17, 15) is 0 Å². The van der Waals surface area contributed by atoms with Crippen LogP contribution in [0.1, 0.15) is 40.0 Å².